The predicted molar refractivity (Wildman–Crippen MR) is 128 cm³/mol. The van der Waals surface area contributed by atoms with E-state index in [9.17, 15) is 9.59 Å². The Balaban J connectivity index is 1.55. The number of nitrogens with zero attached hydrogens (tertiary/aromatic N) is 3. The van der Waals surface area contributed by atoms with E-state index in [0.29, 0.717) is 42.1 Å². The Hall–Kier alpha value is -3.52. The van der Waals surface area contributed by atoms with Gasteiger partial charge in [-0.25, -0.2) is 14.3 Å². The Morgan fingerprint density at radius 1 is 1.00 bits per heavy atom. The molecule has 0 atom stereocenters. The van der Waals surface area contributed by atoms with Crippen LogP contribution in [-0.2, 0) is 16.1 Å². The molecule has 8 nitrogen and oxygen atoms in total. The number of ether oxygens (including phenoxy) is 2. The summed E-state index contributed by atoms with van der Waals surface area (Å²) in [5.41, 5.74) is 2.48. The van der Waals surface area contributed by atoms with Gasteiger partial charge in [0, 0.05) is 17.7 Å². The van der Waals surface area contributed by atoms with Crippen molar-refractivity contribution in [2.24, 2.45) is 11.8 Å². The maximum absolute atomic E-state index is 13.0. The van der Waals surface area contributed by atoms with Crippen molar-refractivity contribution < 1.29 is 19.4 Å². The first-order valence-electron chi connectivity index (χ1n) is 11.5. The molecule has 0 radical (unpaired) electrons. The van der Waals surface area contributed by atoms with Gasteiger partial charge in [0.15, 0.2) is 0 Å². The van der Waals surface area contributed by atoms with E-state index in [1.165, 1.54) is 4.68 Å². The van der Waals surface area contributed by atoms with Gasteiger partial charge in [-0.1, -0.05) is 42.5 Å². The number of hydrogen-bond donors (Lipinski definition) is 1. The summed E-state index contributed by atoms with van der Waals surface area (Å²) in [7, 11) is 1.61. The van der Waals surface area contributed by atoms with Gasteiger partial charge >= 0.3 is 11.7 Å². The first-order valence-corrected chi connectivity index (χ1v) is 11.5. The Kier molecular flexibility index (Phi) is 7.69. The van der Waals surface area contributed by atoms with E-state index in [0.717, 1.165) is 36.8 Å². The molecule has 8 heteroatoms. The summed E-state index contributed by atoms with van der Waals surface area (Å²) < 4.78 is 12.1. The zero-order chi connectivity index (χ0) is 23.9. The Labute approximate surface area is 198 Å². The lowest BCUT2D eigenvalue weighted by Gasteiger charge is -2.28. The van der Waals surface area contributed by atoms with Crippen molar-refractivity contribution in [3.05, 3.63) is 65.1 Å². The maximum Gasteiger partial charge on any atom is 0.364 e. The van der Waals surface area contributed by atoms with E-state index in [2.05, 4.69) is 4.98 Å². The van der Waals surface area contributed by atoms with Gasteiger partial charge in [0.2, 0.25) is 0 Å². The second-order valence-electron chi connectivity index (χ2n) is 8.67. The van der Waals surface area contributed by atoms with Crippen molar-refractivity contribution in [2.75, 3.05) is 20.3 Å². The molecule has 1 aliphatic carbocycles. The van der Waals surface area contributed by atoms with Crippen LogP contribution in [0.1, 0.15) is 25.7 Å². The number of benzene rings is 2. The van der Waals surface area contributed by atoms with Crippen LogP contribution < -0.4 is 10.4 Å². The van der Waals surface area contributed by atoms with Crippen LogP contribution in [0, 0.1) is 11.8 Å². The first kappa shape index (κ1) is 23.6. The number of aromatic nitrogens is 3. The molecule has 0 amide bonds. The summed E-state index contributed by atoms with van der Waals surface area (Å²) in [4.78, 5) is 28.1. The van der Waals surface area contributed by atoms with Crippen LogP contribution in [0.2, 0.25) is 0 Å². The molecule has 1 N–H and O–H groups in total. The molecule has 2 aromatic carbocycles. The fraction of sp³-hybridized carbons (Fsp3) is 0.385. The predicted octanol–water partition coefficient (Wildman–Crippen LogP) is 3.89. The summed E-state index contributed by atoms with van der Waals surface area (Å²) in [6.45, 7) is 0.714. The molecule has 3 aromatic rings. The first-order chi connectivity index (χ1) is 16.5. The molecule has 34 heavy (non-hydrogen) atoms. The molecule has 4 rings (SSSR count). The monoisotopic (exact) mass is 463 g/mol. The Morgan fingerprint density at radius 2 is 1.71 bits per heavy atom. The SMILES string of the molecule is COc1cccc(-c2nc(=O)n(CC3CCC(COCC(=O)O)CC3)nc2-c2ccccc2)c1. The molecular weight excluding hydrogens is 434 g/mol. The van der Waals surface area contributed by atoms with Gasteiger partial charge in [-0.05, 0) is 49.7 Å². The highest BCUT2D eigenvalue weighted by molar-refractivity contribution is 5.77. The summed E-state index contributed by atoms with van der Waals surface area (Å²) in [5.74, 6) is 0.410. The fourth-order valence-corrected chi connectivity index (χ4v) is 4.44. The lowest BCUT2D eigenvalue weighted by molar-refractivity contribution is -0.142. The van der Waals surface area contributed by atoms with Gasteiger partial charge in [-0.2, -0.15) is 10.1 Å². The summed E-state index contributed by atoms with van der Waals surface area (Å²) in [6.07, 6.45) is 3.76. The molecule has 0 saturated heterocycles. The van der Waals surface area contributed by atoms with Crippen LogP contribution >= 0.6 is 0 Å². The van der Waals surface area contributed by atoms with Crippen molar-refractivity contribution in [3.63, 3.8) is 0 Å². The third-order valence-electron chi connectivity index (χ3n) is 6.24. The molecule has 178 valence electrons. The van der Waals surface area contributed by atoms with E-state index in [4.69, 9.17) is 19.7 Å². The van der Waals surface area contributed by atoms with E-state index >= 15 is 0 Å². The van der Waals surface area contributed by atoms with Gasteiger partial charge in [-0.3, -0.25) is 0 Å². The molecule has 0 unspecified atom stereocenters. The standard InChI is InChI=1S/C26H29N3O5/c1-33-22-9-5-8-21(14-22)24-25(20-6-3-2-4-7-20)28-29(26(32)27-24)15-18-10-12-19(13-11-18)16-34-17-23(30)31/h2-9,14,18-19H,10-13,15-17H2,1H3,(H,30,31). The fourth-order valence-electron chi connectivity index (χ4n) is 4.44. The number of hydrogen-bond acceptors (Lipinski definition) is 6. The van der Waals surface area contributed by atoms with Gasteiger partial charge in [0.05, 0.1) is 13.7 Å². The smallest absolute Gasteiger partial charge is 0.364 e. The van der Waals surface area contributed by atoms with Crippen molar-refractivity contribution in [1.82, 2.24) is 14.8 Å². The average Bonchev–Trinajstić information content (AvgIpc) is 2.86. The van der Waals surface area contributed by atoms with E-state index < -0.39 is 5.97 Å². The van der Waals surface area contributed by atoms with E-state index in [1.54, 1.807) is 7.11 Å². The molecule has 0 bridgehead atoms. The van der Waals surface area contributed by atoms with Crippen LogP contribution in [-0.4, -0.2) is 46.2 Å². The summed E-state index contributed by atoms with van der Waals surface area (Å²) in [6, 6.07) is 17.2. The molecule has 1 aliphatic rings. The van der Waals surface area contributed by atoms with Crippen LogP contribution in [0.5, 0.6) is 5.75 Å². The Bertz CT molecular complexity index is 1170. The van der Waals surface area contributed by atoms with Gasteiger partial charge in [0.25, 0.3) is 0 Å². The zero-order valence-corrected chi connectivity index (χ0v) is 19.2. The number of carboxylic acid groups (broad SMARTS) is 1. The number of aliphatic carboxylic acids is 1. The van der Waals surface area contributed by atoms with E-state index in [1.807, 2.05) is 54.6 Å². The lowest BCUT2D eigenvalue weighted by atomic mass is 9.82. The molecule has 1 fully saturated rings. The summed E-state index contributed by atoms with van der Waals surface area (Å²) >= 11 is 0. The quantitative estimate of drug-likeness (QED) is 0.513. The minimum absolute atomic E-state index is 0.257. The minimum Gasteiger partial charge on any atom is -0.497 e. The normalized spacial score (nSPS) is 17.9. The van der Waals surface area contributed by atoms with Gasteiger partial charge < -0.3 is 14.6 Å². The second-order valence-corrected chi connectivity index (χ2v) is 8.67. The average molecular weight is 464 g/mol. The third kappa shape index (κ3) is 5.88. The largest absolute Gasteiger partial charge is 0.497 e. The van der Waals surface area contributed by atoms with Crippen LogP contribution in [0.4, 0.5) is 0 Å². The van der Waals surface area contributed by atoms with Crippen LogP contribution in [0.15, 0.2) is 59.4 Å². The van der Waals surface area contributed by atoms with Gasteiger partial charge in [-0.15, -0.1) is 0 Å². The highest BCUT2D eigenvalue weighted by Gasteiger charge is 2.24. The van der Waals surface area contributed by atoms with Crippen LogP contribution in [0.25, 0.3) is 22.5 Å². The van der Waals surface area contributed by atoms with Crippen LogP contribution in [0.3, 0.4) is 0 Å². The van der Waals surface area contributed by atoms with Gasteiger partial charge in [0.1, 0.15) is 23.7 Å². The zero-order valence-electron chi connectivity index (χ0n) is 19.2. The van der Waals surface area contributed by atoms with E-state index in [-0.39, 0.29) is 12.3 Å². The Morgan fingerprint density at radius 3 is 2.41 bits per heavy atom. The van der Waals surface area contributed by atoms with Crippen molar-refractivity contribution in [3.8, 4) is 28.3 Å². The van der Waals surface area contributed by atoms with Crippen molar-refractivity contribution >= 4 is 5.97 Å². The minimum atomic E-state index is -0.946. The molecule has 1 aromatic heterocycles. The molecule has 0 spiro atoms. The topological polar surface area (TPSA) is 104 Å². The third-order valence-corrected chi connectivity index (χ3v) is 6.24. The highest BCUT2D eigenvalue weighted by atomic mass is 16.5. The summed E-state index contributed by atoms with van der Waals surface area (Å²) in [5, 5.41) is 13.5. The second kappa shape index (κ2) is 11.1. The maximum atomic E-state index is 13.0. The molecule has 1 saturated carbocycles. The molecular formula is C26H29N3O5. The van der Waals surface area contributed by atoms with Crippen molar-refractivity contribution in [1.29, 1.82) is 0 Å². The highest BCUT2D eigenvalue weighted by Crippen LogP contribution is 2.32. The van der Waals surface area contributed by atoms with Crippen molar-refractivity contribution in [2.45, 2.75) is 32.2 Å². The number of carbonyl (C=O) groups is 1. The molecule has 1 heterocycles. The lowest BCUT2D eigenvalue weighted by Crippen LogP contribution is -2.31. The number of rotatable bonds is 9. The number of methoxy groups -OCH3 is 1. The molecule has 0 aliphatic heterocycles. The number of carboxylic acids is 1.